The fourth-order valence-electron chi connectivity index (χ4n) is 5.62. The number of oxime groups is 1. The van der Waals surface area contributed by atoms with Gasteiger partial charge in [0, 0.05) is 23.9 Å². The van der Waals surface area contributed by atoms with Crippen LogP contribution >= 0.6 is 22.9 Å². The number of hydroxylamine groups is 2. The van der Waals surface area contributed by atoms with Crippen molar-refractivity contribution in [1.82, 2.24) is 15.4 Å². The van der Waals surface area contributed by atoms with Gasteiger partial charge in [0.15, 0.2) is 16.9 Å². The summed E-state index contributed by atoms with van der Waals surface area (Å²) in [6, 6.07) is 21.4. The number of esters is 3. The minimum atomic E-state index is -2.34. The molecule has 2 N–H and O–H groups in total. The molecule has 2 atom stereocenters. The number of hydrogen-bond acceptors (Lipinski definition) is 16. The molecule has 3 amide bonds. The Morgan fingerprint density at radius 3 is 2.31 bits per heavy atom. The number of nitro benzene ring substituents is 1. The molecule has 3 heterocycles. The third-order valence-electron chi connectivity index (χ3n) is 8.42. The molecule has 19 nitrogen and oxygen atoms in total. The molecule has 6 rings (SSSR count). The number of ether oxygens (including phenoxy) is 3. The quantitative estimate of drug-likeness (QED) is 0.0411. The summed E-state index contributed by atoms with van der Waals surface area (Å²) in [6.45, 7) is -1.57. The Labute approximate surface area is 336 Å². The number of cyclic esters (lactones) is 1. The molecule has 1 aromatic heterocycles. The number of nitro groups is 1. The monoisotopic (exact) mass is 834 g/mol. The Hall–Kier alpha value is -6.77. The van der Waals surface area contributed by atoms with E-state index in [1.54, 1.807) is 60.7 Å². The van der Waals surface area contributed by atoms with Crippen molar-refractivity contribution >= 4 is 75.1 Å². The average Bonchev–Trinajstić information content (AvgIpc) is 3.97. The first kappa shape index (κ1) is 40.9. The van der Waals surface area contributed by atoms with Gasteiger partial charge in [-0.3, -0.25) is 34.1 Å². The first-order chi connectivity index (χ1) is 28.0. The number of alkyl halides is 1. The predicted octanol–water partition coefficient (Wildman–Crippen LogP) is 3.32. The van der Waals surface area contributed by atoms with Crippen LogP contribution in [0.25, 0.3) is 0 Å². The number of carbonyl (C=O) groups excluding carboxylic acids is 6. The highest BCUT2D eigenvalue weighted by Gasteiger charge is 2.60. The van der Waals surface area contributed by atoms with E-state index in [9.17, 15) is 38.9 Å². The van der Waals surface area contributed by atoms with Gasteiger partial charge in [-0.05, 0) is 28.8 Å². The molecular formula is C37H31ClN6O13S. The second-order valence-corrected chi connectivity index (χ2v) is 13.5. The van der Waals surface area contributed by atoms with E-state index in [1.165, 1.54) is 29.6 Å². The molecule has 2 fully saturated rings. The Morgan fingerprint density at radius 2 is 1.71 bits per heavy atom. The van der Waals surface area contributed by atoms with Crippen molar-refractivity contribution in [2.75, 3.05) is 24.4 Å². The van der Waals surface area contributed by atoms with Crippen LogP contribution in [0.2, 0.25) is 0 Å². The molecule has 3 aromatic carbocycles. The Morgan fingerprint density at radius 1 is 1.03 bits per heavy atom. The standard InChI is InChI=1S/C37H31ClN6O13S/c38-17-28(45)41-36-40-27(21-58-36)31(42-54-20-30(47)53-18-22-11-13-25(14-12-22)44(51)52)33(48)39-26-19-55-43(34(26)49)37(16-15-29(46)57-37)35(50)56-32(23-7-3-1-4-8-23)24-9-5-2-6-10-24/h1-14,21,26,32H,15-20H2,(H,39,48)(H,40,41,45)/b42-31-/t26-,37?/m0/s1. The Balaban J connectivity index is 1.17. The number of carbonyl (C=O) groups is 6. The van der Waals surface area contributed by atoms with E-state index in [0.717, 1.165) is 11.3 Å². The van der Waals surface area contributed by atoms with Crippen LogP contribution in [0.4, 0.5) is 10.8 Å². The van der Waals surface area contributed by atoms with E-state index >= 15 is 0 Å². The lowest BCUT2D eigenvalue weighted by Crippen LogP contribution is -2.57. The molecule has 58 heavy (non-hydrogen) atoms. The van der Waals surface area contributed by atoms with Crippen molar-refractivity contribution < 1.29 is 57.6 Å². The lowest BCUT2D eigenvalue weighted by Gasteiger charge is -2.34. The largest absolute Gasteiger partial charge is 0.458 e. The molecule has 2 saturated heterocycles. The van der Waals surface area contributed by atoms with Crippen LogP contribution < -0.4 is 10.6 Å². The van der Waals surface area contributed by atoms with Gasteiger partial charge in [0.05, 0.1) is 11.3 Å². The van der Waals surface area contributed by atoms with Crippen LogP contribution in [0.15, 0.2) is 95.5 Å². The summed E-state index contributed by atoms with van der Waals surface area (Å²) >= 11 is 6.47. The van der Waals surface area contributed by atoms with Crippen molar-refractivity contribution in [2.24, 2.45) is 5.16 Å². The van der Waals surface area contributed by atoms with E-state index in [0.29, 0.717) is 21.8 Å². The first-order valence-corrected chi connectivity index (χ1v) is 18.6. The zero-order valence-corrected chi connectivity index (χ0v) is 31.5. The van der Waals surface area contributed by atoms with Gasteiger partial charge in [0.1, 0.15) is 30.8 Å². The summed E-state index contributed by atoms with van der Waals surface area (Å²) in [5.41, 5.74) is -1.54. The maximum Gasteiger partial charge on any atom is 0.376 e. The third-order valence-corrected chi connectivity index (χ3v) is 9.42. The van der Waals surface area contributed by atoms with Gasteiger partial charge in [0.2, 0.25) is 12.5 Å². The highest BCUT2D eigenvalue weighted by molar-refractivity contribution is 7.14. The highest BCUT2D eigenvalue weighted by atomic mass is 35.5. The molecule has 300 valence electrons. The highest BCUT2D eigenvalue weighted by Crippen LogP contribution is 2.38. The number of nitrogens with zero attached hydrogens (tertiary/aromatic N) is 4. The minimum absolute atomic E-state index is 0.0305. The number of hydrogen-bond donors (Lipinski definition) is 2. The van der Waals surface area contributed by atoms with Crippen LogP contribution in [0.5, 0.6) is 0 Å². The zero-order valence-electron chi connectivity index (χ0n) is 29.9. The third kappa shape index (κ3) is 9.60. The average molecular weight is 835 g/mol. The lowest BCUT2D eigenvalue weighted by atomic mass is 10.0. The number of amides is 3. The summed E-state index contributed by atoms with van der Waals surface area (Å²) < 4.78 is 16.6. The molecule has 4 aromatic rings. The Bertz CT molecular complexity index is 2180. The fraction of sp³-hybridized carbons (Fsp3) is 0.243. The minimum Gasteiger partial charge on any atom is -0.458 e. The van der Waals surface area contributed by atoms with Gasteiger partial charge in [-0.25, -0.2) is 14.6 Å². The number of nitrogens with one attached hydrogen (secondary N) is 2. The summed E-state index contributed by atoms with van der Waals surface area (Å²) in [6.07, 6.45) is -1.53. The summed E-state index contributed by atoms with van der Waals surface area (Å²) in [5, 5.41) is 21.4. The van der Waals surface area contributed by atoms with Gasteiger partial charge in [0.25, 0.3) is 17.5 Å². The lowest BCUT2D eigenvalue weighted by molar-refractivity contribution is -0.384. The smallest absolute Gasteiger partial charge is 0.376 e. The van der Waals surface area contributed by atoms with Crippen molar-refractivity contribution in [3.8, 4) is 0 Å². The van der Waals surface area contributed by atoms with Crippen molar-refractivity contribution in [1.29, 1.82) is 0 Å². The zero-order chi connectivity index (χ0) is 41.2. The molecule has 2 aliphatic heterocycles. The number of rotatable bonds is 16. The number of non-ortho nitro benzene ring substituents is 1. The van der Waals surface area contributed by atoms with Gasteiger partial charge in [-0.1, -0.05) is 65.8 Å². The first-order valence-electron chi connectivity index (χ1n) is 17.2. The van der Waals surface area contributed by atoms with E-state index in [4.69, 9.17) is 35.5 Å². The molecule has 0 bridgehead atoms. The number of aromatic nitrogens is 1. The van der Waals surface area contributed by atoms with Gasteiger partial charge in [-0.2, -0.15) is 5.06 Å². The van der Waals surface area contributed by atoms with E-state index in [-0.39, 0.29) is 41.8 Å². The number of halogens is 1. The predicted molar refractivity (Wildman–Crippen MR) is 200 cm³/mol. The molecule has 21 heteroatoms. The normalized spacial score (nSPS) is 17.7. The summed E-state index contributed by atoms with van der Waals surface area (Å²) in [5.74, 6) is -5.82. The topological polar surface area (TPSA) is 244 Å². The second-order valence-electron chi connectivity index (χ2n) is 12.3. The fourth-order valence-corrected chi connectivity index (χ4v) is 6.40. The molecule has 0 spiro atoms. The van der Waals surface area contributed by atoms with E-state index in [1.807, 2.05) is 0 Å². The number of benzene rings is 3. The summed E-state index contributed by atoms with van der Waals surface area (Å²) in [7, 11) is 0. The molecule has 0 radical (unpaired) electrons. The van der Waals surface area contributed by atoms with Crippen LogP contribution in [-0.2, 0) is 59.3 Å². The molecule has 0 saturated carbocycles. The van der Waals surface area contributed by atoms with Gasteiger partial charge >= 0.3 is 23.6 Å². The van der Waals surface area contributed by atoms with Crippen LogP contribution in [0.3, 0.4) is 0 Å². The van der Waals surface area contributed by atoms with E-state index in [2.05, 4.69) is 20.8 Å². The SMILES string of the molecule is O=C(CCl)Nc1nc(/C(=N/OCC(=O)OCc2ccc([N+](=O)[O-])cc2)C(=O)N[C@H]2CON(C3(C(=O)OC(c4ccccc4)c4ccccc4)CCC(=O)O3)C2=O)cs1. The maximum absolute atomic E-state index is 14.1. The molecule has 0 aliphatic carbocycles. The van der Waals surface area contributed by atoms with Crippen LogP contribution in [0, 0.1) is 10.1 Å². The van der Waals surface area contributed by atoms with Crippen molar-refractivity contribution in [2.45, 2.75) is 37.3 Å². The number of thiazole rings is 1. The van der Waals surface area contributed by atoms with Crippen molar-refractivity contribution in [3.63, 3.8) is 0 Å². The number of anilines is 1. The molecule has 2 aliphatic rings. The van der Waals surface area contributed by atoms with Crippen LogP contribution in [0.1, 0.15) is 41.3 Å². The Kier molecular flexibility index (Phi) is 13.0. The van der Waals surface area contributed by atoms with Crippen LogP contribution in [-0.4, -0.2) is 87.2 Å². The summed E-state index contributed by atoms with van der Waals surface area (Å²) in [4.78, 5) is 104. The van der Waals surface area contributed by atoms with Crippen molar-refractivity contribution in [3.05, 3.63) is 123 Å². The molecular weight excluding hydrogens is 804 g/mol. The van der Waals surface area contributed by atoms with Gasteiger partial charge < -0.3 is 29.7 Å². The van der Waals surface area contributed by atoms with Gasteiger partial charge in [-0.15, -0.1) is 22.9 Å². The maximum atomic E-state index is 14.1. The van der Waals surface area contributed by atoms with E-state index < -0.39 is 77.3 Å². The second kappa shape index (κ2) is 18.4. The molecule has 1 unspecified atom stereocenters.